The van der Waals surface area contributed by atoms with Crippen molar-refractivity contribution in [1.29, 1.82) is 0 Å². The van der Waals surface area contributed by atoms with E-state index in [1.807, 2.05) is 0 Å². The van der Waals surface area contributed by atoms with Crippen LogP contribution in [0, 0.1) is 11.3 Å². The Balaban J connectivity index is 4.03. The van der Waals surface area contributed by atoms with E-state index in [9.17, 15) is 4.79 Å². The first-order valence-corrected chi connectivity index (χ1v) is 12.1. The molecule has 0 N–H and O–H groups in total. The summed E-state index contributed by atoms with van der Waals surface area (Å²) in [4.78, 5) is 12.5. The fraction of sp³-hybridized carbons (Fsp3) is 0.960. The Hall–Kier alpha value is -0.530. The zero-order chi connectivity index (χ0) is 20.4. The van der Waals surface area contributed by atoms with E-state index in [1.165, 1.54) is 83.5 Å². The van der Waals surface area contributed by atoms with Gasteiger partial charge in [-0.3, -0.25) is 4.79 Å². The van der Waals surface area contributed by atoms with Crippen LogP contribution in [0.4, 0.5) is 0 Å². The van der Waals surface area contributed by atoms with E-state index in [0.29, 0.717) is 12.0 Å². The third-order valence-electron chi connectivity index (χ3n) is 5.46. The van der Waals surface area contributed by atoms with Crippen LogP contribution in [0.2, 0.25) is 0 Å². The molecule has 0 saturated carbocycles. The molecule has 0 aromatic carbocycles. The Morgan fingerprint density at radius 2 is 1.19 bits per heavy atom. The highest BCUT2D eigenvalue weighted by Gasteiger charge is 2.19. The van der Waals surface area contributed by atoms with Crippen LogP contribution in [0.15, 0.2) is 0 Å². The van der Waals surface area contributed by atoms with Crippen LogP contribution in [0.25, 0.3) is 0 Å². The first-order valence-electron chi connectivity index (χ1n) is 12.1. The normalized spacial score (nSPS) is 12.9. The zero-order valence-electron chi connectivity index (χ0n) is 19.4. The summed E-state index contributed by atoms with van der Waals surface area (Å²) in [5.74, 6) is 0.221. The first-order chi connectivity index (χ1) is 12.9. The van der Waals surface area contributed by atoms with E-state index >= 15 is 0 Å². The highest BCUT2D eigenvalue weighted by atomic mass is 16.5. The average Bonchev–Trinajstić information content (AvgIpc) is 2.61. The fourth-order valence-corrected chi connectivity index (χ4v) is 3.59. The molecule has 162 valence electrons. The summed E-state index contributed by atoms with van der Waals surface area (Å²) < 4.78 is 5.65. The van der Waals surface area contributed by atoms with E-state index in [2.05, 4.69) is 34.6 Å². The lowest BCUT2D eigenvalue weighted by atomic mass is 9.89. The summed E-state index contributed by atoms with van der Waals surface area (Å²) in [7, 11) is 0. The van der Waals surface area contributed by atoms with Gasteiger partial charge in [-0.1, -0.05) is 112 Å². The second-order valence-corrected chi connectivity index (χ2v) is 9.64. The second kappa shape index (κ2) is 17.6. The third-order valence-corrected chi connectivity index (χ3v) is 5.46. The summed E-state index contributed by atoms with van der Waals surface area (Å²) in [5, 5.41) is 0. The highest BCUT2D eigenvalue weighted by Crippen LogP contribution is 2.23. The summed E-state index contributed by atoms with van der Waals surface area (Å²) in [6, 6.07) is 0. The Labute approximate surface area is 171 Å². The van der Waals surface area contributed by atoms with Crippen molar-refractivity contribution in [2.24, 2.45) is 11.3 Å². The number of hydrogen-bond acceptors (Lipinski definition) is 2. The molecule has 0 fully saturated rings. The lowest BCUT2D eigenvalue weighted by Gasteiger charge is -2.18. The van der Waals surface area contributed by atoms with Crippen LogP contribution in [-0.4, -0.2) is 12.6 Å². The Kier molecular flexibility index (Phi) is 17.2. The largest absolute Gasteiger partial charge is 0.465 e. The second-order valence-electron chi connectivity index (χ2n) is 9.64. The van der Waals surface area contributed by atoms with E-state index in [1.54, 1.807) is 0 Å². The molecule has 0 aromatic heterocycles. The number of esters is 1. The molecule has 0 aliphatic carbocycles. The SMILES string of the molecule is CCCCCCCCC(CCCCCC)C(=O)OCCCCCC(C)(C)C. The molecule has 0 amide bonds. The quantitative estimate of drug-likeness (QED) is 0.175. The molecule has 1 unspecified atom stereocenters. The van der Waals surface area contributed by atoms with Gasteiger partial charge in [-0.2, -0.15) is 0 Å². The van der Waals surface area contributed by atoms with Gasteiger partial charge in [0.25, 0.3) is 0 Å². The van der Waals surface area contributed by atoms with Crippen LogP contribution >= 0.6 is 0 Å². The van der Waals surface area contributed by atoms with Crippen molar-refractivity contribution in [3.05, 3.63) is 0 Å². The highest BCUT2D eigenvalue weighted by molar-refractivity contribution is 5.72. The molecule has 0 bridgehead atoms. The van der Waals surface area contributed by atoms with Gasteiger partial charge in [-0.05, 0) is 31.1 Å². The van der Waals surface area contributed by atoms with Gasteiger partial charge in [0.1, 0.15) is 0 Å². The van der Waals surface area contributed by atoms with Gasteiger partial charge in [0, 0.05) is 0 Å². The van der Waals surface area contributed by atoms with Crippen LogP contribution in [0.5, 0.6) is 0 Å². The van der Waals surface area contributed by atoms with Gasteiger partial charge in [0.15, 0.2) is 0 Å². The minimum Gasteiger partial charge on any atom is -0.465 e. The Morgan fingerprint density at radius 1 is 0.704 bits per heavy atom. The molecule has 0 heterocycles. The zero-order valence-corrected chi connectivity index (χ0v) is 19.4. The van der Waals surface area contributed by atoms with Gasteiger partial charge in [-0.25, -0.2) is 0 Å². The van der Waals surface area contributed by atoms with Crippen LogP contribution < -0.4 is 0 Å². The first kappa shape index (κ1) is 26.5. The standard InChI is InChI=1S/C25H50O2/c1-6-8-10-12-13-16-20-23(19-15-11-9-7-2)24(26)27-22-18-14-17-21-25(3,4)5/h23H,6-22H2,1-5H3. The lowest BCUT2D eigenvalue weighted by molar-refractivity contribution is -0.149. The maximum atomic E-state index is 12.5. The average molecular weight is 383 g/mol. The van der Waals surface area contributed by atoms with Crippen molar-refractivity contribution in [3.63, 3.8) is 0 Å². The summed E-state index contributed by atoms with van der Waals surface area (Å²) in [6.45, 7) is 12.0. The number of rotatable bonds is 18. The maximum absolute atomic E-state index is 12.5. The van der Waals surface area contributed by atoms with Gasteiger partial charge in [0.2, 0.25) is 0 Å². The summed E-state index contributed by atoms with van der Waals surface area (Å²) >= 11 is 0. The van der Waals surface area contributed by atoms with Crippen molar-refractivity contribution in [2.45, 2.75) is 137 Å². The number of carbonyl (C=O) groups is 1. The third kappa shape index (κ3) is 18.6. The van der Waals surface area contributed by atoms with Crippen LogP contribution in [0.1, 0.15) is 137 Å². The minimum atomic E-state index is 0.0795. The molecule has 0 rings (SSSR count). The van der Waals surface area contributed by atoms with E-state index in [-0.39, 0.29) is 11.9 Å². The van der Waals surface area contributed by atoms with E-state index in [0.717, 1.165) is 19.3 Å². The predicted octanol–water partition coefficient (Wildman–Crippen LogP) is 8.47. The van der Waals surface area contributed by atoms with Gasteiger partial charge in [0.05, 0.1) is 12.5 Å². The van der Waals surface area contributed by atoms with Crippen molar-refractivity contribution in [1.82, 2.24) is 0 Å². The molecule has 0 saturated heterocycles. The molecule has 0 spiro atoms. The van der Waals surface area contributed by atoms with Gasteiger partial charge < -0.3 is 4.74 Å². The van der Waals surface area contributed by atoms with Gasteiger partial charge >= 0.3 is 5.97 Å². The Morgan fingerprint density at radius 3 is 1.74 bits per heavy atom. The van der Waals surface area contributed by atoms with Crippen molar-refractivity contribution < 1.29 is 9.53 Å². The Bertz CT molecular complexity index is 330. The number of carbonyl (C=O) groups excluding carboxylic acids is 1. The molecule has 0 radical (unpaired) electrons. The van der Waals surface area contributed by atoms with Crippen molar-refractivity contribution in [3.8, 4) is 0 Å². The van der Waals surface area contributed by atoms with Crippen molar-refractivity contribution >= 4 is 5.97 Å². The molecular formula is C25H50O2. The summed E-state index contributed by atoms with van der Waals surface area (Å²) in [6.07, 6.45) is 19.4. The molecule has 0 aliphatic rings. The topological polar surface area (TPSA) is 26.3 Å². The molecule has 27 heavy (non-hydrogen) atoms. The molecule has 2 heteroatoms. The number of hydrogen-bond donors (Lipinski definition) is 0. The van der Waals surface area contributed by atoms with E-state index in [4.69, 9.17) is 4.74 Å². The smallest absolute Gasteiger partial charge is 0.308 e. The number of ether oxygens (including phenoxy) is 1. The molecule has 0 aliphatic heterocycles. The monoisotopic (exact) mass is 382 g/mol. The molecular weight excluding hydrogens is 332 g/mol. The fourth-order valence-electron chi connectivity index (χ4n) is 3.59. The number of unbranched alkanes of at least 4 members (excludes halogenated alkanes) is 10. The lowest BCUT2D eigenvalue weighted by Crippen LogP contribution is -2.18. The van der Waals surface area contributed by atoms with Crippen LogP contribution in [0.3, 0.4) is 0 Å². The molecule has 0 aromatic rings. The predicted molar refractivity (Wildman–Crippen MR) is 119 cm³/mol. The summed E-state index contributed by atoms with van der Waals surface area (Å²) in [5.41, 5.74) is 0.414. The van der Waals surface area contributed by atoms with Crippen molar-refractivity contribution in [2.75, 3.05) is 6.61 Å². The maximum Gasteiger partial charge on any atom is 0.308 e. The van der Waals surface area contributed by atoms with Crippen LogP contribution in [-0.2, 0) is 9.53 Å². The molecule has 1 atom stereocenters. The molecule has 2 nitrogen and oxygen atoms in total. The minimum absolute atomic E-state index is 0.0795. The van der Waals surface area contributed by atoms with Gasteiger partial charge in [-0.15, -0.1) is 0 Å². The van der Waals surface area contributed by atoms with E-state index < -0.39 is 0 Å².